The highest BCUT2D eigenvalue weighted by Crippen LogP contribution is 2.09. The molecule has 1 aromatic rings. The topological polar surface area (TPSA) is 53.2 Å². The van der Waals surface area contributed by atoms with E-state index in [1.165, 1.54) is 0 Å². The van der Waals surface area contributed by atoms with E-state index < -0.39 is 0 Å². The number of carbonyl (C=O) groups is 1. The Kier molecular flexibility index (Phi) is 4.23. The molecule has 0 atom stereocenters. The molecule has 1 heterocycles. The average molecular weight is 254 g/mol. The number of urea groups is 1. The lowest BCUT2D eigenvalue weighted by molar-refractivity contribution is 0.235. The van der Waals surface area contributed by atoms with Crippen molar-refractivity contribution in [2.75, 3.05) is 19.6 Å². The molecule has 2 rings (SSSR count). The summed E-state index contributed by atoms with van der Waals surface area (Å²) in [5.41, 5.74) is 1.04. The molecule has 0 radical (unpaired) electrons. The van der Waals surface area contributed by atoms with Crippen LogP contribution in [0.4, 0.5) is 4.79 Å². The Morgan fingerprint density at radius 1 is 1.29 bits per heavy atom. The summed E-state index contributed by atoms with van der Waals surface area (Å²) in [5.74, 6) is 0.580. The van der Waals surface area contributed by atoms with Crippen LogP contribution < -0.4 is 16.0 Å². The van der Waals surface area contributed by atoms with Gasteiger partial charge in [0.2, 0.25) is 0 Å². The standard InChI is InChI=1S/C12H16ClN3O/c13-11-3-1-9(2-4-11)7-15-12(17)16-8-10-5-14-6-10/h1-4,10,14H,5-8H2,(H2,15,16,17). The highest BCUT2D eigenvalue weighted by Gasteiger charge is 2.16. The Bertz CT molecular complexity index is 376. The Balaban J connectivity index is 1.66. The predicted molar refractivity (Wildman–Crippen MR) is 68.1 cm³/mol. The zero-order valence-corrected chi connectivity index (χ0v) is 10.3. The van der Waals surface area contributed by atoms with Crippen LogP contribution in [0.1, 0.15) is 5.56 Å². The summed E-state index contributed by atoms with van der Waals surface area (Å²) in [4.78, 5) is 11.5. The van der Waals surface area contributed by atoms with Crippen molar-refractivity contribution in [3.05, 3.63) is 34.9 Å². The van der Waals surface area contributed by atoms with E-state index in [9.17, 15) is 4.79 Å². The number of carbonyl (C=O) groups excluding carboxylic acids is 1. The van der Waals surface area contributed by atoms with E-state index in [4.69, 9.17) is 11.6 Å². The van der Waals surface area contributed by atoms with Gasteiger partial charge in [-0.1, -0.05) is 23.7 Å². The highest BCUT2D eigenvalue weighted by molar-refractivity contribution is 6.30. The number of hydrogen-bond acceptors (Lipinski definition) is 2. The summed E-state index contributed by atoms with van der Waals surface area (Å²) < 4.78 is 0. The second-order valence-electron chi connectivity index (χ2n) is 4.21. The van der Waals surface area contributed by atoms with E-state index in [1.807, 2.05) is 24.3 Å². The minimum Gasteiger partial charge on any atom is -0.338 e. The zero-order valence-electron chi connectivity index (χ0n) is 9.50. The third-order valence-corrected chi connectivity index (χ3v) is 3.04. The number of rotatable bonds is 4. The van der Waals surface area contributed by atoms with Crippen molar-refractivity contribution in [1.29, 1.82) is 0 Å². The summed E-state index contributed by atoms with van der Waals surface area (Å²) in [5, 5.41) is 9.53. The Morgan fingerprint density at radius 2 is 2.00 bits per heavy atom. The minimum atomic E-state index is -0.119. The van der Waals surface area contributed by atoms with Gasteiger partial charge >= 0.3 is 6.03 Å². The van der Waals surface area contributed by atoms with Crippen molar-refractivity contribution < 1.29 is 4.79 Å². The molecule has 1 aliphatic heterocycles. The normalized spacial score (nSPS) is 15.1. The van der Waals surface area contributed by atoms with Gasteiger partial charge < -0.3 is 16.0 Å². The van der Waals surface area contributed by atoms with Crippen LogP contribution in [0.15, 0.2) is 24.3 Å². The van der Waals surface area contributed by atoms with Gasteiger partial charge in [-0.15, -0.1) is 0 Å². The van der Waals surface area contributed by atoms with Crippen LogP contribution in [0.2, 0.25) is 5.02 Å². The van der Waals surface area contributed by atoms with E-state index in [0.29, 0.717) is 17.5 Å². The van der Waals surface area contributed by atoms with Crippen LogP contribution in [-0.4, -0.2) is 25.7 Å². The second kappa shape index (κ2) is 5.89. The molecule has 0 aromatic heterocycles. The third-order valence-electron chi connectivity index (χ3n) is 2.78. The van der Waals surface area contributed by atoms with Crippen LogP contribution in [-0.2, 0) is 6.54 Å². The van der Waals surface area contributed by atoms with Crippen LogP contribution in [0.25, 0.3) is 0 Å². The van der Waals surface area contributed by atoms with Crippen molar-refractivity contribution in [1.82, 2.24) is 16.0 Å². The minimum absolute atomic E-state index is 0.119. The lowest BCUT2D eigenvalue weighted by atomic mass is 10.0. The summed E-state index contributed by atoms with van der Waals surface area (Å²) in [6.45, 7) is 3.25. The van der Waals surface area contributed by atoms with E-state index in [2.05, 4.69) is 16.0 Å². The molecule has 1 fully saturated rings. The number of benzene rings is 1. The molecule has 0 saturated carbocycles. The maximum atomic E-state index is 11.5. The van der Waals surface area contributed by atoms with Crippen LogP contribution >= 0.6 is 11.6 Å². The number of hydrogen-bond donors (Lipinski definition) is 3. The van der Waals surface area contributed by atoms with Crippen molar-refractivity contribution in [3.8, 4) is 0 Å². The van der Waals surface area contributed by atoms with Crippen molar-refractivity contribution in [2.45, 2.75) is 6.54 Å². The van der Waals surface area contributed by atoms with Gasteiger partial charge in [-0.25, -0.2) is 4.79 Å². The van der Waals surface area contributed by atoms with Gasteiger partial charge in [0.1, 0.15) is 0 Å². The first kappa shape index (κ1) is 12.2. The highest BCUT2D eigenvalue weighted by atomic mass is 35.5. The summed E-state index contributed by atoms with van der Waals surface area (Å²) in [7, 11) is 0. The largest absolute Gasteiger partial charge is 0.338 e. The molecule has 0 bridgehead atoms. The number of amides is 2. The quantitative estimate of drug-likeness (QED) is 0.759. The molecule has 92 valence electrons. The molecule has 0 spiro atoms. The van der Waals surface area contributed by atoms with Crippen LogP contribution in [0.3, 0.4) is 0 Å². The Morgan fingerprint density at radius 3 is 2.59 bits per heavy atom. The van der Waals surface area contributed by atoms with Gasteiger partial charge in [0.15, 0.2) is 0 Å². The molecule has 0 unspecified atom stereocenters. The first-order valence-corrected chi connectivity index (χ1v) is 6.08. The molecular formula is C12H16ClN3O. The van der Waals surface area contributed by atoms with Gasteiger partial charge in [0, 0.05) is 37.1 Å². The van der Waals surface area contributed by atoms with Gasteiger partial charge in [-0.2, -0.15) is 0 Å². The van der Waals surface area contributed by atoms with E-state index >= 15 is 0 Å². The van der Waals surface area contributed by atoms with E-state index in [0.717, 1.165) is 25.2 Å². The number of nitrogens with one attached hydrogen (secondary N) is 3. The van der Waals surface area contributed by atoms with Crippen molar-refractivity contribution >= 4 is 17.6 Å². The maximum Gasteiger partial charge on any atom is 0.315 e. The predicted octanol–water partition coefficient (Wildman–Crippen LogP) is 1.36. The molecule has 1 aliphatic rings. The van der Waals surface area contributed by atoms with Crippen LogP contribution in [0.5, 0.6) is 0 Å². The fourth-order valence-corrected chi connectivity index (χ4v) is 1.70. The van der Waals surface area contributed by atoms with Crippen molar-refractivity contribution in [2.24, 2.45) is 5.92 Å². The Hall–Kier alpha value is -1.26. The molecule has 2 amide bonds. The van der Waals surface area contributed by atoms with Gasteiger partial charge in [-0.3, -0.25) is 0 Å². The fourth-order valence-electron chi connectivity index (χ4n) is 1.58. The summed E-state index contributed by atoms with van der Waals surface area (Å²) in [6, 6.07) is 7.32. The molecule has 3 N–H and O–H groups in total. The number of halogens is 1. The summed E-state index contributed by atoms with van der Waals surface area (Å²) in [6.07, 6.45) is 0. The maximum absolute atomic E-state index is 11.5. The van der Waals surface area contributed by atoms with Crippen molar-refractivity contribution in [3.63, 3.8) is 0 Å². The first-order valence-electron chi connectivity index (χ1n) is 5.71. The third kappa shape index (κ3) is 3.91. The smallest absolute Gasteiger partial charge is 0.315 e. The second-order valence-corrected chi connectivity index (χ2v) is 4.65. The molecule has 5 heteroatoms. The van der Waals surface area contributed by atoms with E-state index in [1.54, 1.807) is 0 Å². The fraction of sp³-hybridized carbons (Fsp3) is 0.417. The zero-order chi connectivity index (χ0) is 12.1. The molecule has 1 aromatic carbocycles. The molecule has 0 aliphatic carbocycles. The van der Waals surface area contributed by atoms with Gasteiger partial charge in [0.05, 0.1) is 0 Å². The molecule has 1 saturated heterocycles. The molecule has 17 heavy (non-hydrogen) atoms. The lowest BCUT2D eigenvalue weighted by Crippen LogP contribution is -2.49. The lowest BCUT2D eigenvalue weighted by Gasteiger charge is -2.27. The molecule has 4 nitrogen and oxygen atoms in total. The SMILES string of the molecule is O=C(NCc1ccc(Cl)cc1)NCC1CNC1. The first-order chi connectivity index (χ1) is 8.24. The molecular weight excluding hydrogens is 238 g/mol. The average Bonchev–Trinajstić information content (AvgIpc) is 2.26. The Labute approximate surface area is 106 Å². The van der Waals surface area contributed by atoms with Crippen LogP contribution in [0, 0.1) is 5.92 Å². The monoisotopic (exact) mass is 253 g/mol. The van der Waals surface area contributed by atoms with Gasteiger partial charge in [-0.05, 0) is 17.7 Å². The van der Waals surface area contributed by atoms with E-state index in [-0.39, 0.29) is 6.03 Å². The van der Waals surface area contributed by atoms with Gasteiger partial charge in [0.25, 0.3) is 0 Å². The summed E-state index contributed by atoms with van der Waals surface area (Å²) >= 11 is 5.78.